The predicted octanol–water partition coefficient (Wildman–Crippen LogP) is 0.509. The van der Waals surface area contributed by atoms with Crippen molar-refractivity contribution in [2.24, 2.45) is 5.92 Å². The molecule has 0 radical (unpaired) electrons. The molecule has 0 aliphatic carbocycles. The van der Waals surface area contributed by atoms with Crippen LogP contribution in [-0.4, -0.2) is 24.5 Å². The van der Waals surface area contributed by atoms with Gasteiger partial charge in [-0.1, -0.05) is 13.8 Å². The zero-order valence-corrected chi connectivity index (χ0v) is 8.05. The summed E-state index contributed by atoms with van der Waals surface area (Å²) in [6, 6.07) is 0.886. The molecule has 70 valence electrons. The van der Waals surface area contributed by atoms with Gasteiger partial charge in [0.1, 0.15) is 0 Å². The zero-order chi connectivity index (χ0) is 9.14. The van der Waals surface area contributed by atoms with Crippen LogP contribution < -0.4 is 10.6 Å². The number of amides is 1. The Morgan fingerprint density at radius 3 is 2.67 bits per heavy atom. The van der Waals surface area contributed by atoms with Gasteiger partial charge < -0.3 is 10.6 Å². The number of carbonyl (C=O) groups excluding carboxylic acids is 1. The molecule has 1 heterocycles. The van der Waals surface area contributed by atoms with E-state index < -0.39 is 0 Å². The van der Waals surface area contributed by atoms with Crippen LogP contribution in [0.5, 0.6) is 0 Å². The van der Waals surface area contributed by atoms with Gasteiger partial charge in [0, 0.05) is 24.5 Å². The Hall–Kier alpha value is -0.570. The number of hydrogen-bond acceptors (Lipinski definition) is 2. The Morgan fingerprint density at radius 2 is 2.25 bits per heavy atom. The minimum Gasteiger partial charge on any atom is -0.352 e. The molecule has 1 fully saturated rings. The Labute approximate surface area is 73.9 Å². The van der Waals surface area contributed by atoms with E-state index in [0.717, 1.165) is 13.0 Å². The highest BCUT2D eigenvalue weighted by molar-refractivity contribution is 5.78. The van der Waals surface area contributed by atoms with Gasteiger partial charge >= 0.3 is 0 Å². The minimum absolute atomic E-state index is 0.0981. The molecule has 3 nitrogen and oxygen atoms in total. The third kappa shape index (κ3) is 2.48. The largest absolute Gasteiger partial charge is 0.352 e. The summed E-state index contributed by atoms with van der Waals surface area (Å²) in [4.78, 5) is 11.3. The van der Waals surface area contributed by atoms with E-state index in [2.05, 4.69) is 17.6 Å². The van der Waals surface area contributed by atoms with Crippen molar-refractivity contribution in [3.05, 3.63) is 0 Å². The van der Waals surface area contributed by atoms with Crippen molar-refractivity contribution >= 4 is 5.91 Å². The molecule has 2 unspecified atom stereocenters. The van der Waals surface area contributed by atoms with E-state index >= 15 is 0 Å². The summed E-state index contributed by atoms with van der Waals surface area (Å²) in [6.45, 7) is 6.89. The number of carbonyl (C=O) groups is 1. The maximum Gasteiger partial charge on any atom is 0.222 e. The highest BCUT2D eigenvalue weighted by atomic mass is 16.1. The lowest BCUT2D eigenvalue weighted by Crippen LogP contribution is -2.38. The first-order valence-corrected chi connectivity index (χ1v) is 4.63. The first-order chi connectivity index (χ1) is 5.59. The molecule has 1 saturated heterocycles. The van der Waals surface area contributed by atoms with Crippen LogP contribution in [0, 0.1) is 5.92 Å². The van der Waals surface area contributed by atoms with Gasteiger partial charge in [-0.3, -0.25) is 4.79 Å². The van der Waals surface area contributed by atoms with Gasteiger partial charge in [-0.2, -0.15) is 0 Å². The minimum atomic E-state index is 0.0981. The molecule has 0 spiro atoms. The fourth-order valence-electron chi connectivity index (χ4n) is 1.41. The lowest BCUT2D eigenvalue weighted by atomic mass is 10.1. The second-order valence-electron chi connectivity index (χ2n) is 3.91. The normalized spacial score (nSPS) is 29.3. The molecule has 2 atom stereocenters. The summed E-state index contributed by atoms with van der Waals surface area (Å²) < 4.78 is 0. The molecule has 0 aromatic carbocycles. The molecule has 1 rings (SSSR count). The number of rotatable bonds is 2. The summed E-state index contributed by atoms with van der Waals surface area (Å²) >= 11 is 0. The Bertz CT molecular complexity index is 168. The van der Waals surface area contributed by atoms with Gasteiger partial charge in [-0.25, -0.2) is 0 Å². The molecule has 0 aromatic heterocycles. The second-order valence-corrected chi connectivity index (χ2v) is 3.91. The third-order valence-corrected chi connectivity index (χ3v) is 2.22. The van der Waals surface area contributed by atoms with Crippen molar-refractivity contribution in [1.29, 1.82) is 0 Å². The molecule has 12 heavy (non-hydrogen) atoms. The fraction of sp³-hybridized carbons (Fsp3) is 0.889. The van der Waals surface area contributed by atoms with Crippen molar-refractivity contribution in [3.8, 4) is 0 Å². The van der Waals surface area contributed by atoms with E-state index in [1.807, 2.05) is 13.8 Å². The standard InChI is InChI=1S/C9H18N2O/c1-6(2)9(12)11-8-4-7(3)10-5-8/h6-8,10H,4-5H2,1-3H3,(H,11,12). The van der Waals surface area contributed by atoms with E-state index in [0.29, 0.717) is 12.1 Å². The lowest BCUT2D eigenvalue weighted by Gasteiger charge is -2.13. The van der Waals surface area contributed by atoms with Crippen LogP contribution >= 0.6 is 0 Å². The molecule has 0 aromatic rings. The van der Waals surface area contributed by atoms with E-state index in [9.17, 15) is 4.79 Å². The van der Waals surface area contributed by atoms with Crippen LogP contribution in [0.1, 0.15) is 27.2 Å². The molecular formula is C9H18N2O. The summed E-state index contributed by atoms with van der Waals surface area (Å²) in [5.74, 6) is 0.261. The van der Waals surface area contributed by atoms with Crippen molar-refractivity contribution in [1.82, 2.24) is 10.6 Å². The molecule has 3 heteroatoms. The van der Waals surface area contributed by atoms with Crippen LogP contribution in [0.25, 0.3) is 0 Å². The van der Waals surface area contributed by atoms with Crippen LogP contribution in [0.3, 0.4) is 0 Å². The quantitative estimate of drug-likeness (QED) is 0.634. The molecule has 1 aliphatic heterocycles. The summed E-state index contributed by atoms with van der Waals surface area (Å²) in [6.07, 6.45) is 1.05. The van der Waals surface area contributed by atoms with Crippen LogP contribution in [-0.2, 0) is 4.79 Å². The lowest BCUT2D eigenvalue weighted by molar-refractivity contribution is -0.124. The van der Waals surface area contributed by atoms with Gasteiger partial charge in [-0.15, -0.1) is 0 Å². The van der Waals surface area contributed by atoms with E-state index in [-0.39, 0.29) is 11.8 Å². The Morgan fingerprint density at radius 1 is 1.58 bits per heavy atom. The average molecular weight is 170 g/mol. The van der Waals surface area contributed by atoms with Gasteiger partial charge in [-0.05, 0) is 13.3 Å². The Kier molecular flexibility index (Phi) is 3.09. The third-order valence-electron chi connectivity index (χ3n) is 2.22. The van der Waals surface area contributed by atoms with Crippen molar-refractivity contribution < 1.29 is 4.79 Å². The summed E-state index contributed by atoms with van der Waals surface area (Å²) in [7, 11) is 0. The van der Waals surface area contributed by atoms with Crippen LogP contribution in [0.15, 0.2) is 0 Å². The zero-order valence-electron chi connectivity index (χ0n) is 8.05. The number of hydrogen-bond donors (Lipinski definition) is 2. The first kappa shape index (κ1) is 9.52. The maximum atomic E-state index is 11.3. The van der Waals surface area contributed by atoms with Gasteiger partial charge in [0.2, 0.25) is 5.91 Å². The molecule has 1 amide bonds. The van der Waals surface area contributed by atoms with Crippen molar-refractivity contribution in [2.45, 2.75) is 39.3 Å². The molecule has 0 bridgehead atoms. The summed E-state index contributed by atoms with van der Waals surface area (Å²) in [5, 5.41) is 6.31. The van der Waals surface area contributed by atoms with E-state index in [1.165, 1.54) is 0 Å². The van der Waals surface area contributed by atoms with Gasteiger partial charge in [0.15, 0.2) is 0 Å². The maximum absolute atomic E-state index is 11.3. The van der Waals surface area contributed by atoms with Gasteiger partial charge in [0.05, 0.1) is 0 Å². The highest BCUT2D eigenvalue weighted by Crippen LogP contribution is 2.06. The van der Waals surface area contributed by atoms with Crippen LogP contribution in [0.4, 0.5) is 0 Å². The van der Waals surface area contributed by atoms with Gasteiger partial charge in [0.25, 0.3) is 0 Å². The Balaban J connectivity index is 2.28. The number of nitrogens with one attached hydrogen (secondary N) is 2. The topological polar surface area (TPSA) is 41.1 Å². The average Bonchev–Trinajstić information content (AvgIpc) is 2.35. The van der Waals surface area contributed by atoms with Crippen LogP contribution in [0.2, 0.25) is 0 Å². The molecule has 2 N–H and O–H groups in total. The second kappa shape index (κ2) is 3.90. The highest BCUT2D eigenvalue weighted by Gasteiger charge is 2.22. The monoisotopic (exact) mass is 170 g/mol. The van der Waals surface area contributed by atoms with Crippen molar-refractivity contribution in [2.75, 3.05) is 6.54 Å². The summed E-state index contributed by atoms with van der Waals surface area (Å²) in [5.41, 5.74) is 0. The SMILES string of the molecule is CC1CC(NC(=O)C(C)C)CN1. The fourth-order valence-corrected chi connectivity index (χ4v) is 1.41. The molecule has 0 saturated carbocycles. The smallest absolute Gasteiger partial charge is 0.222 e. The molecular weight excluding hydrogens is 152 g/mol. The first-order valence-electron chi connectivity index (χ1n) is 4.63. The molecule has 1 aliphatic rings. The van der Waals surface area contributed by atoms with E-state index in [4.69, 9.17) is 0 Å². The van der Waals surface area contributed by atoms with Crippen molar-refractivity contribution in [3.63, 3.8) is 0 Å². The predicted molar refractivity (Wildman–Crippen MR) is 48.9 cm³/mol. The van der Waals surface area contributed by atoms with E-state index in [1.54, 1.807) is 0 Å².